The van der Waals surface area contributed by atoms with Crippen LogP contribution in [-0.4, -0.2) is 25.6 Å². The van der Waals surface area contributed by atoms with Gasteiger partial charge in [-0.3, -0.25) is 0 Å². The van der Waals surface area contributed by atoms with Crippen molar-refractivity contribution in [3.63, 3.8) is 0 Å². The molecule has 108 valence electrons. The summed E-state index contributed by atoms with van der Waals surface area (Å²) < 4.78 is 1.71. The molecule has 1 aliphatic carbocycles. The summed E-state index contributed by atoms with van der Waals surface area (Å²) in [6.07, 6.45) is 7.20. The predicted octanol–water partition coefficient (Wildman–Crippen LogP) is 3.33. The van der Waals surface area contributed by atoms with Crippen molar-refractivity contribution in [2.45, 2.75) is 52.0 Å². The number of nitrogens with zero attached hydrogens (tertiary/aromatic N) is 4. The molecular formula is C14H20ClN5. The number of nitrogens with one attached hydrogen (secondary N) is 1. The molecule has 1 saturated carbocycles. The van der Waals surface area contributed by atoms with Gasteiger partial charge in [-0.2, -0.15) is 14.6 Å². The molecule has 0 amide bonds. The van der Waals surface area contributed by atoms with Crippen molar-refractivity contribution in [3.8, 4) is 0 Å². The molecule has 0 atom stereocenters. The van der Waals surface area contributed by atoms with E-state index in [-0.39, 0.29) is 0 Å². The van der Waals surface area contributed by atoms with E-state index < -0.39 is 0 Å². The molecule has 6 heteroatoms. The van der Waals surface area contributed by atoms with Gasteiger partial charge in [0.1, 0.15) is 11.3 Å². The molecule has 0 aromatic carbocycles. The van der Waals surface area contributed by atoms with Crippen molar-refractivity contribution in [1.82, 2.24) is 19.6 Å². The monoisotopic (exact) mass is 293 g/mol. The number of rotatable bonds is 3. The standard InChI is InChI=1S/C14H20ClN5/c1-3-11-12(15)13(20-14(19-11)16-8-17-20)18-10-6-4-9(2)5-7-10/h8-10,18H,3-7H2,1-2H3. The highest BCUT2D eigenvalue weighted by atomic mass is 35.5. The number of aromatic nitrogens is 4. The van der Waals surface area contributed by atoms with Gasteiger partial charge in [-0.25, -0.2) is 4.98 Å². The van der Waals surface area contributed by atoms with Crippen molar-refractivity contribution >= 4 is 23.2 Å². The van der Waals surface area contributed by atoms with E-state index in [2.05, 4.69) is 27.3 Å². The molecule has 20 heavy (non-hydrogen) atoms. The minimum absolute atomic E-state index is 0.461. The lowest BCUT2D eigenvalue weighted by Crippen LogP contribution is -2.26. The van der Waals surface area contributed by atoms with Gasteiger partial charge < -0.3 is 5.32 Å². The van der Waals surface area contributed by atoms with Gasteiger partial charge in [-0.15, -0.1) is 0 Å². The second-order valence-electron chi connectivity index (χ2n) is 5.65. The third-order valence-electron chi connectivity index (χ3n) is 4.13. The zero-order valence-electron chi connectivity index (χ0n) is 11.9. The Hall–Kier alpha value is -1.36. The molecule has 2 aromatic heterocycles. The summed E-state index contributed by atoms with van der Waals surface area (Å²) in [5, 5.41) is 8.46. The highest BCUT2D eigenvalue weighted by Gasteiger charge is 2.21. The first-order chi connectivity index (χ1) is 9.69. The van der Waals surface area contributed by atoms with Crippen molar-refractivity contribution in [1.29, 1.82) is 0 Å². The fourth-order valence-electron chi connectivity index (χ4n) is 2.83. The number of aryl methyl sites for hydroxylation is 1. The van der Waals surface area contributed by atoms with Crippen molar-refractivity contribution in [2.24, 2.45) is 5.92 Å². The van der Waals surface area contributed by atoms with Crippen LogP contribution in [0, 0.1) is 5.92 Å². The van der Waals surface area contributed by atoms with Crippen LogP contribution in [0.1, 0.15) is 45.2 Å². The average molecular weight is 294 g/mol. The quantitative estimate of drug-likeness (QED) is 0.943. The van der Waals surface area contributed by atoms with Gasteiger partial charge in [0.05, 0.1) is 5.69 Å². The lowest BCUT2D eigenvalue weighted by atomic mass is 9.87. The Balaban J connectivity index is 1.93. The zero-order chi connectivity index (χ0) is 14.1. The van der Waals surface area contributed by atoms with Crippen LogP contribution >= 0.6 is 11.6 Å². The Morgan fingerprint density at radius 3 is 2.80 bits per heavy atom. The predicted molar refractivity (Wildman–Crippen MR) is 80.2 cm³/mol. The third kappa shape index (κ3) is 2.46. The van der Waals surface area contributed by atoms with Crippen LogP contribution in [0.25, 0.3) is 5.78 Å². The van der Waals surface area contributed by atoms with Crippen LogP contribution in [0.4, 0.5) is 5.82 Å². The van der Waals surface area contributed by atoms with Crippen LogP contribution in [0.3, 0.4) is 0 Å². The molecule has 0 bridgehead atoms. The molecule has 0 unspecified atom stereocenters. The first kappa shape index (κ1) is 13.6. The molecule has 5 nitrogen and oxygen atoms in total. The Kier molecular flexibility index (Phi) is 3.78. The SMILES string of the molecule is CCc1nc2ncnn2c(NC2CCC(C)CC2)c1Cl. The number of fused-ring (bicyclic) bond motifs is 1. The molecule has 2 heterocycles. The van der Waals surface area contributed by atoms with Crippen LogP contribution in [0.5, 0.6) is 0 Å². The highest BCUT2D eigenvalue weighted by Crippen LogP contribution is 2.30. The zero-order valence-corrected chi connectivity index (χ0v) is 12.7. The first-order valence-electron chi connectivity index (χ1n) is 7.33. The van der Waals surface area contributed by atoms with Gasteiger partial charge >= 0.3 is 0 Å². The van der Waals surface area contributed by atoms with E-state index >= 15 is 0 Å². The lowest BCUT2D eigenvalue weighted by Gasteiger charge is -2.28. The molecular weight excluding hydrogens is 274 g/mol. The Morgan fingerprint density at radius 2 is 2.10 bits per heavy atom. The number of hydrogen-bond acceptors (Lipinski definition) is 4. The van der Waals surface area contributed by atoms with Crippen LogP contribution in [-0.2, 0) is 6.42 Å². The summed E-state index contributed by atoms with van der Waals surface area (Å²) >= 11 is 6.48. The largest absolute Gasteiger partial charge is 0.366 e. The topological polar surface area (TPSA) is 55.1 Å². The van der Waals surface area contributed by atoms with Gasteiger partial charge in [0.25, 0.3) is 5.78 Å². The van der Waals surface area contributed by atoms with Gasteiger partial charge in [0.2, 0.25) is 0 Å². The molecule has 1 aliphatic rings. The summed E-state index contributed by atoms with van der Waals surface area (Å²) in [5.74, 6) is 2.28. The Morgan fingerprint density at radius 1 is 1.35 bits per heavy atom. The molecule has 2 aromatic rings. The van der Waals surface area contributed by atoms with Gasteiger partial charge in [0.15, 0.2) is 5.82 Å². The van der Waals surface area contributed by atoms with Crippen molar-refractivity contribution in [2.75, 3.05) is 5.32 Å². The fraction of sp³-hybridized carbons (Fsp3) is 0.643. The maximum Gasteiger partial charge on any atom is 0.254 e. The van der Waals surface area contributed by atoms with E-state index in [1.54, 1.807) is 4.52 Å². The number of anilines is 1. The van der Waals surface area contributed by atoms with E-state index in [0.29, 0.717) is 16.8 Å². The first-order valence-corrected chi connectivity index (χ1v) is 7.71. The Labute approximate surface area is 123 Å². The smallest absolute Gasteiger partial charge is 0.254 e. The van der Waals surface area contributed by atoms with E-state index in [1.165, 1.54) is 32.0 Å². The molecule has 3 rings (SSSR count). The van der Waals surface area contributed by atoms with Crippen LogP contribution in [0.15, 0.2) is 6.33 Å². The summed E-state index contributed by atoms with van der Waals surface area (Å²) in [7, 11) is 0. The summed E-state index contributed by atoms with van der Waals surface area (Å²) in [4.78, 5) is 8.61. The van der Waals surface area contributed by atoms with Crippen molar-refractivity contribution < 1.29 is 0 Å². The van der Waals surface area contributed by atoms with Gasteiger partial charge in [-0.05, 0) is 38.0 Å². The normalized spacial score (nSPS) is 23.1. The highest BCUT2D eigenvalue weighted by molar-refractivity contribution is 6.33. The van der Waals surface area contributed by atoms with E-state index in [1.807, 2.05) is 6.92 Å². The molecule has 0 saturated heterocycles. The maximum absolute atomic E-state index is 6.48. The second-order valence-corrected chi connectivity index (χ2v) is 6.03. The molecule has 0 aliphatic heterocycles. The molecule has 0 spiro atoms. The fourth-order valence-corrected chi connectivity index (χ4v) is 3.14. The van der Waals surface area contributed by atoms with E-state index in [4.69, 9.17) is 11.6 Å². The second kappa shape index (κ2) is 5.56. The third-order valence-corrected chi connectivity index (χ3v) is 4.53. The van der Waals surface area contributed by atoms with E-state index in [9.17, 15) is 0 Å². The molecule has 1 fully saturated rings. The minimum atomic E-state index is 0.461. The number of hydrogen-bond donors (Lipinski definition) is 1. The minimum Gasteiger partial charge on any atom is -0.366 e. The Bertz CT molecular complexity index is 601. The van der Waals surface area contributed by atoms with Gasteiger partial charge in [0, 0.05) is 6.04 Å². The summed E-state index contributed by atoms with van der Waals surface area (Å²) in [6.45, 7) is 4.37. The number of halogens is 1. The summed E-state index contributed by atoms with van der Waals surface area (Å²) in [5.41, 5.74) is 0.874. The summed E-state index contributed by atoms with van der Waals surface area (Å²) in [6, 6.07) is 0.461. The van der Waals surface area contributed by atoms with Crippen LogP contribution in [0.2, 0.25) is 5.02 Å². The van der Waals surface area contributed by atoms with Gasteiger partial charge in [-0.1, -0.05) is 25.4 Å². The molecule has 1 N–H and O–H groups in total. The maximum atomic E-state index is 6.48. The van der Waals surface area contributed by atoms with Crippen molar-refractivity contribution in [3.05, 3.63) is 17.0 Å². The van der Waals surface area contributed by atoms with E-state index in [0.717, 1.165) is 23.9 Å². The molecule has 0 radical (unpaired) electrons. The lowest BCUT2D eigenvalue weighted by molar-refractivity contribution is 0.360. The van der Waals surface area contributed by atoms with Crippen LogP contribution < -0.4 is 5.32 Å². The average Bonchev–Trinajstić information content (AvgIpc) is 2.92.